The van der Waals surface area contributed by atoms with Crippen LogP contribution in [0, 0.1) is 4.77 Å². The van der Waals surface area contributed by atoms with Crippen molar-refractivity contribution in [1.29, 1.82) is 0 Å². The summed E-state index contributed by atoms with van der Waals surface area (Å²) in [6.07, 6.45) is 6.33. The van der Waals surface area contributed by atoms with Gasteiger partial charge in [0, 0.05) is 30.6 Å². The Kier molecular flexibility index (Phi) is 5.31. The SMILES string of the molecule is CN(Cc1ccc(Br)s1)Cn1nc(N2CCCCC2)n(C2CC2)c1=S. The zero-order valence-corrected chi connectivity index (χ0v) is 17.7. The molecule has 3 heterocycles. The van der Waals surface area contributed by atoms with Gasteiger partial charge in [0.15, 0.2) is 0 Å². The van der Waals surface area contributed by atoms with E-state index in [4.69, 9.17) is 17.3 Å². The lowest BCUT2D eigenvalue weighted by atomic mass is 10.1. The van der Waals surface area contributed by atoms with Gasteiger partial charge in [0.05, 0.1) is 10.5 Å². The third kappa shape index (κ3) is 4.02. The Morgan fingerprint density at radius 2 is 2.04 bits per heavy atom. The van der Waals surface area contributed by atoms with Gasteiger partial charge in [0.2, 0.25) is 10.7 Å². The third-order valence-corrected chi connectivity index (χ3v) is 6.85. The van der Waals surface area contributed by atoms with Gasteiger partial charge in [0.25, 0.3) is 0 Å². The molecule has 2 aromatic rings. The minimum Gasteiger partial charge on any atom is -0.341 e. The lowest BCUT2D eigenvalue weighted by molar-refractivity contribution is 0.245. The Bertz CT molecular complexity index is 785. The second-order valence-corrected chi connectivity index (χ2v) is 10.0. The number of halogens is 1. The number of piperidine rings is 1. The molecule has 25 heavy (non-hydrogen) atoms. The Balaban J connectivity index is 1.53. The smallest absolute Gasteiger partial charge is 0.226 e. The predicted octanol–water partition coefficient (Wildman–Crippen LogP) is 4.65. The van der Waals surface area contributed by atoms with Crippen LogP contribution in [0.2, 0.25) is 0 Å². The Morgan fingerprint density at radius 1 is 1.28 bits per heavy atom. The van der Waals surface area contributed by atoms with Crippen LogP contribution in [0.3, 0.4) is 0 Å². The minimum absolute atomic E-state index is 0.566. The zero-order chi connectivity index (χ0) is 17.4. The van der Waals surface area contributed by atoms with Crippen molar-refractivity contribution >= 4 is 45.4 Å². The van der Waals surface area contributed by atoms with Crippen molar-refractivity contribution in [3.63, 3.8) is 0 Å². The molecule has 0 atom stereocenters. The van der Waals surface area contributed by atoms with E-state index in [9.17, 15) is 0 Å². The second-order valence-electron chi connectivity index (χ2n) is 7.09. The molecule has 5 nitrogen and oxygen atoms in total. The summed E-state index contributed by atoms with van der Waals surface area (Å²) >= 11 is 11.1. The first kappa shape index (κ1) is 17.7. The average Bonchev–Trinajstić information content (AvgIpc) is 3.28. The summed E-state index contributed by atoms with van der Waals surface area (Å²) < 4.78 is 6.39. The summed E-state index contributed by atoms with van der Waals surface area (Å²) in [6.45, 7) is 3.86. The zero-order valence-electron chi connectivity index (χ0n) is 14.5. The van der Waals surface area contributed by atoms with Crippen molar-refractivity contribution in [3.8, 4) is 0 Å². The number of nitrogens with zero attached hydrogens (tertiary/aromatic N) is 5. The van der Waals surface area contributed by atoms with E-state index in [-0.39, 0.29) is 0 Å². The van der Waals surface area contributed by atoms with Crippen molar-refractivity contribution < 1.29 is 0 Å². The van der Waals surface area contributed by atoms with E-state index >= 15 is 0 Å². The van der Waals surface area contributed by atoms with E-state index < -0.39 is 0 Å². The first-order chi connectivity index (χ1) is 12.1. The number of anilines is 1. The van der Waals surface area contributed by atoms with E-state index in [1.165, 1.54) is 40.8 Å². The number of hydrogen-bond donors (Lipinski definition) is 0. The van der Waals surface area contributed by atoms with Crippen molar-refractivity contribution in [2.24, 2.45) is 0 Å². The fraction of sp³-hybridized carbons (Fsp3) is 0.647. The van der Waals surface area contributed by atoms with Gasteiger partial charge < -0.3 is 4.90 Å². The molecule has 136 valence electrons. The van der Waals surface area contributed by atoms with Gasteiger partial charge in [-0.3, -0.25) is 9.47 Å². The molecule has 8 heteroatoms. The summed E-state index contributed by atoms with van der Waals surface area (Å²) in [5, 5.41) is 4.94. The van der Waals surface area contributed by atoms with Crippen LogP contribution in [0.25, 0.3) is 0 Å². The van der Waals surface area contributed by atoms with Crippen molar-refractivity contribution in [2.75, 3.05) is 25.0 Å². The highest BCUT2D eigenvalue weighted by atomic mass is 79.9. The minimum atomic E-state index is 0.566. The van der Waals surface area contributed by atoms with E-state index in [0.717, 1.165) is 37.0 Å². The highest BCUT2D eigenvalue weighted by molar-refractivity contribution is 9.11. The molecular formula is C17H24BrN5S2. The van der Waals surface area contributed by atoms with Gasteiger partial charge in [0.1, 0.15) is 0 Å². The molecule has 0 amide bonds. The van der Waals surface area contributed by atoms with Crippen LogP contribution in [-0.2, 0) is 13.2 Å². The summed E-state index contributed by atoms with van der Waals surface area (Å²) in [4.78, 5) is 6.06. The fourth-order valence-electron chi connectivity index (χ4n) is 3.44. The highest BCUT2D eigenvalue weighted by Crippen LogP contribution is 2.38. The van der Waals surface area contributed by atoms with Crippen LogP contribution in [0.1, 0.15) is 43.0 Å². The maximum absolute atomic E-state index is 5.79. The maximum Gasteiger partial charge on any atom is 0.226 e. The lowest BCUT2D eigenvalue weighted by Crippen LogP contribution is -2.32. The number of thiophene rings is 1. The summed E-state index contributed by atoms with van der Waals surface area (Å²) in [6, 6.07) is 4.85. The van der Waals surface area contributed by atoms with Gasteiger partial charge in [-0.05, 0) is 79.4 Å². The van der Waals surface area contributed by atoms with Gasteiger partial charge in [-0.15, -0.1) is 16.4 Å². The molecule has 1 aliphatic heterocycles. The molecule has 0 aromatic carbocycles. The number of aromatic nitrogens is 3. The molecule has 0 N–H and O–H groups in total. The molecule has 1 aliphatic carbocycles. The fourth-order valence-corrected chi connectivity index (χ4v) is 5.34. The monoisotopic (exact) mass is 441 g/mol. The van der Waals surface area contributed by atoms with Crippen LogP contribution in [0.4, 0.5) is 5.95 Å². The lowest BCUT2D eigenvalue weighted by Gasteiger charge is -2.27. The molecule has 1 saturated carbocycles. The Hall–Kier alpha value is -0.700. The molecule has 0 unspecified atom stereocenters. The van der Waals surface area contributed by atoms with Crippen molar-refractivity contribution in [3.05, 3.63) is 25.6 Å². The first-order valence-corrected chi connectivity index (χ1v) is 11.0. The van der Waals surface area contributed by atoms with Crippen molar-refractivity contribution in [2.45, 2.75) is 51.4 Å². The highest BCUT2D eigenvalue weighted by Gasteiger charge is 2.31. The molecular weight excluding hydrogens is 418 g/mol. The molecule has 1 saturated heterocycles. The molecule has 2 fully saturated rings. The second kappa shape index (κ2) is 7.50. The van der Waals surface area contributed by atoms with Gasteiger partial charge >= 0.3 is 0 Å². The number of rotatable bonds is 6. The molecule has 0 spiro atoms. The van der Waals surface area contributed by atoms with Crippen LogP contribution < -0.4 is 4.90 Å². The normalized spacial score (nSPS) is 18.3. The third-order valence-electron chi connectivity index (χ3n) is 4.83. The maximum atomic E-state index is 5.79. The van der Waals surface area contributed by atoms with Gasteiger partial charge in [-0.25, -0.2) is 4.68 Å². The predicted molar refractivity (Wildman–Crippen MR) is 109 cm³/mol. The molecule has 0 bridgehead atoms. The van der Waals surface area contributed by atoms with Crippen LogP contribution >= 0.6 is 39.5 Å². The van der Waals surface area contributed by atoms with Crippen LogP contribution in [0.5, 0.6) is 0 Å². The molecule has 4 rings (SSSR count). The van der Waals surface area contributed by atoms with E-state index in [2.05, 4.69) is 49.5 Å². The molecule has 0 radical (unpaired) electrons. The van der Waals surface area contributed by atoms with E-state index in [1.54, 1.807) is 11.3 Å². The Labute approximate surface area is 166 Å². The summed E-state index contributed by atoms with van der Waals surface area (Å²) in [5.41, 5.74) is 0. The van der Waals surface area contributed by atoms with Crippen LogP contribution in [0.15, 0.2) is 15.9 Å². The topological polar surface area (TPSA) is 29.2 Å². The van der Waals surface area contributed by atoms with E-state index in [1.807, 2.05) is 4.68 Å². The van der Waals surface area contributed by atoms with Gasteiger partial charge in [-0.1, -0.05) is 0 Å². The quantitative estimate of drug-likeness (QED) is 0.609. The number of hydrogen-bond acceptors (Lipinski definition) is 5. The van der Waals surface area contributed by atoms with E-state index in [0.29, 0.717) is 6.04 Å². The summed E-state index contributed by atoms with van der Waals surface area (Å²) in [5.74, 6) is 1.10. The average molecular weight is 442 g/mol. The Morgan fingerprint density at radius 3 is 2.68 bits per heavy atom. The largest absolute Gasteiger partial charge is 0.341 e. The first-order valence-electron chi connectivity index (χ1n) is 8.99. The molecule has 2 aliphatic rings. The standard InChI is InChI=1S/C17H24BrN5S2/c1-20(11-14-7-8-15(18)25-14)12-22-17(24)23(13-5-6-13)16(19-22)21-9-3-2-4-10-21/h7-8,13H,2-6,9-12H2,1H3. The van der Waals surface area contributed by atoms with Crippen molar-refractivity contribution in [1.82, 2.24) is 19.2 Å². The van der Waals surface area contributed by atoms with Gasteiger partial charge in [-0.2, -0.15) is 0 Å². The van der Waals surface area contributed by atoms with Crippen LogP contribution in [-0.4, -0.2) is 39.4 Å². The molecule has 2 aromatic heterocycles. The summed E-state index contributed by atoms with van der Waals surface area (Å²) in [7, 11) is 2.13.